The largest absolute Gasteiger partial charge is 0.286 e. The zero-order valence-corrected chi connectivity index (χ0v) is 13.6. The Morgan fingerprint density at radius 1 is 1.40 bits per heavy atom. The van der Waals surface area contributed by atoms with Crippen molar-refractivity contribution in [1.29, 1.82) is 0 Å². The van der Waals surface area contributed by atoms with E-state index in [0.29, 0.717) is 6.42 Å². The van der Waals surface area contributed by atoms with Crippen molar-refractivity contribution in [2.75, 3.05) is 11.5 Å². The normalized spacial score (nSPS) is 23.9. The molecule has 0 aromatic carbocycles. The molecule has 0 amide bonds. The van der Waals surface area contributed by atoms with E-state index in [1.165, 1.54) is 6.08 Å². The Morgan fingerprint density at radius 3 is 2.50 bits per heavy atom. The summed E-state index contributed by atoms with van der Waals surface area (Å²) >= 11 is 7.07. The first-order valence-corrected chi connectivity index (χ1v) is 9.80. The Hall–Kier alpha value is -0.220. The summed E-state index contributed by atoms with van der Waals surface area (Å²) in [6, 6.07) is 0. The number of thioether (sulfide) groups is 2. The lowest BCUT2D eigenvalue weighted by molar-refractivity contribution is -0.109. The minimum atomic E-state index is -4.50. The molecule has 1 saturated heterocycles. The molecule has 0 saturated carbocycles. The molecule has 1 N–H and O–H groups in total. The van der Waals surface area contributed by atoms with E-state index in [4.69, 9.17) is 4.55 Å². The van der Waals surface area contributed by atoms with Gasteiger partial charge in [0, 0.05) is 23.6 Å². The molecule has 9 heteroatoms. The molecule has 0 radical (unpaired) electrons. The monoisotopic (exact) mass is 351 g/mol. The van der Waals surface area contributed by atoms with Crippen LogP contribution in [-0.2, 0) is 14.9 Å². The fourth-order valence-electron chi connectivity index (χ4n) is 1.84. The summed E-state index contributed by atoms with van der Waals surface area (Å²) in [6.07, 6.45) is 5.22. The molecular weight excluding hydrogens is 338 g/mol. The summed E-state index contributed by atoms with van der Waals surface area (Å²) in [5.74, 6) is 2.16. The second kappa shape index (κ2) is 6.69. The number of carbonyl (C=O) groups is 1. The highest BCUT2D eigenvalue weighted by Gasteiger charge is 2.32. The lowest BCUT2D eigenvalue weighted by atomic mass is 10.0. The summed E-state index contributed by atoms with van der Waals surface area (Å²) < 4.78 is 31.7. The van der Waals surface area contributed by atoms with Gasteiger partial charge in [-0.2, -0.15) is 8.42 Å². The van der Waals surface area contributed by atoms with Gasteiger partial charge in [-0.05, 0) is 11.6 Å². The van der Waals surface area contributed by atoms with Crippen molar-refractivity contribution < 1.29 is 17.8 Å². The van der Waals surface area contributed by atoms with E-state index in [1.807, 2.05) is 0 Å². The fourth-order valence-corrected chi connectivity index (χ4v) is 5.72. The third-order valence-corrected chi connectivity index (χ3v) is 6.97. The van der Waals surface area contributed by atoms with Crippen molar-refractivity contribution in [3.8, 4) is 0 Å². The molecule has 2 aliphatic rings. The molecule has 1 fully saturated rings. The topological polar surface area (TPSA) is 83.8 Å². The van der Waals surface area contributed by atoms with Crippen LogP contribution in [-0.4, -0.2) is 45.3 Å². The van der Waals surface area contributed by atoms with Gasteiger partial charge >= 0.3 is 0 Å². The van der Waals surface area contributed by atoms with Crippen LogP contribution in [0.1, 0.15) is 6.42 Å². The molecule has 0 aromatic rings. The van der Waals surface area contributed by atoms with E-state index < -0.39 is 20.5 Å². The SMILES string of the molecule is O=C(S)C(C1=CCC(=NC2SCCS2)C=C1)S(=O)(=O)O. The van der Waals surface area contributed by atoms with Gasteiger partial charge in [-0.3, -0.25) is 14.3 Å². The van der Waals surface area contributed by atoms with Gasteiger partial charge in [0.15, 0.2) is 5.25 Å². The number of carbonyl (C=O) groups excluding carboxylic acids is 1. The van der Waals surface area contributed by atoms with Crippen molar-refractivity contribution >= 4 is 57.1 Å². The molecule has 2 rings (SSSR count). The Balaban J connectivity index is 2.13. The summed E-state index contributed by atoms with van der Waals surface area (Å²) in [6.45, 7) is 0. The Morgan fingerprint density at radius 2 is 2.05 bits per heavy atom. The van der Waals surface area contributed by atoms with Gasteiger partial charge in [0.2, 0.25) is 5.12 Å². The van der Waals surface area contributed by atoms with Crippen LogP contribution in [0.2, 0.25) is 0 Å². The van der Waals surface area contributed by atoms with E-state index >= 15 is 0 Å². The molecule has 1 heterocycles. The average molecular weight is 351 g/mol. The number of allylic oxidation sites excluding steroid dienone is 3. The first-order valence-electron chi connectivity index (χ1n) is 5.75. The molecule has 1 atom stereocenters. The highest BCUT2D eigenvalue weighted by molar-refractivity contribution is 8.20. The number of rotatable bonds is 4. The number of aliphatic imine (C=N–C) groups is 1. The molecule has 5 nitrogen and oxygen atoms in total. The van der Waals surface area contributed by atoms with Crippen LogP contribution in [0.4, 0.5) is 0 Å². The minimum absolute atomic E-state index is 0.188. The van der Waals surface area contributed by atoms with E-state index in [-0.39, 0.29) is 10.3 Å². The molecule has 0 spiro atoms. The van der Waals surface area contributed by atoms with Crippen molar-refractivity contribution in [3.05, 3.63) is 23.8 Å². The van der Waals surface area contributed by atoms with E-state index in [9.17, 15) is 13.2 Å². The maximum Gasteiger partial charge on any atom is 0.280 e. The molecule has 1 aliphatic carbocycles. The zero-order valence-electron chi connectivity index (χ0n) is 10.3. The first-order chi connectivity index (χ1) is 9.38. The van der Waals surface area contributed by atoms with Crippen LogP contribution in [0, 0.1) is 0 Å². The first kappa shape index (κ1) is 16.2. The van der Waals surface area contributed by atoms with Crippen LogP contribution in [0.3, 0.4) is 0 Å². The smallest absolute Gasteiger partial charge is 0.280 e. The molecular formula is C11H13NO4S4. The van der Waals surface area contributed by atoms with Crippen LogP contribution in [0.5, 0.6) is 0 Å². The van der Waals surface area contributed by atoms with Gasteiger partial charge < -0.3 is 0 Å². The Kier molecular flexibility index (Phi) is 5.41. The number of hydrogen-bond donors (Lipinski definition) is 2. The van der Waals surface area contributed by atoms with Gasteiger partial charge in [0.1, 0.15) is 4.71 Å². The summed E-state index contributed by atoms with van der Waals surface area (Å²) in [5, 5.41) is -2.52. The predicted octanol–water partition coefficient (Wildman–Crippen LogP) is 1.79. The van der Waals surface area contributed by atoms with Crippen molar-refractivity contribution in [1.82, 2.24) is 0 Å². The number of hydrogen-bond acceptors (Lipinski definition) is 6. The van der Waals surface area contributed by atoms with Crippen molar-refractivity contribution in [2.45, 2.75) is 16.4 Å². The van der Waals surface area contributed by atoms with Gasteiger partial charge in [-0.15, -0.1) is 36.2 Å². The number of nitrogens with zero attached hydrogens (tertiary/aromatic N) is 1. The van der Waals surface area contributed by atoms with Crippen LogP contribution in [0.15, 0.2) is 28.8 Å². The van der Waals surface area contributed by atoms with E-state index in [2.05, 4.69) is 17.6 Å². The average Bonchev–Trinajstić information content (AvgIpc) is 2.82. The third kappa shape index (κ3) is 4.14. The van der Waals surface area contributed by atoms with Crippen LogP contribution >= 0.6 is 36.2 Å². The van der Waals surface area contributed by atoms with Gasteiger partial charge in [0.05, 0.1) is 0 Å². The number of thiol groups is 1. The highest BCUT2D eigenvalue weighted by atomic mass is 32.2. The third-order valence-electron chi connectivity index (χ3n) is 2.72. The van der Waals surface area contributed by atoms with Crippen molar-refractivity contribution in [2.24, 2.45) is 4.99 Å². The Labute approximate surface area is 131 Å². The highest BCUT2D eigenvalue weighted by Crippen LogP contribution is 2.33. The van der Waals surface area contributed by atoms with E-state index in [0.717, 1.165) is 17.2 Å². The summed E-state index contributed by atoms with van der Waals surface area (Å²) in [5.41, 5.74) is 1.07. The second-order valence-corrected chi connectivity index (χ2v) is 8.76. The maximum absolute atomic E-state index is 11.3. The molecule has 0 bridgehead atoms. The summed E-state index contributed by atoms with van der Waals surface area (Å²) in [7, 11) is -4.50. The standard InChI is InChI=1S/C11H13NO4S4/c13-10(17)9(20(14,15)16)7-1-3-8(4-2-7)12-11-18-5-6-19-11/h1-3,9,11H,4-6H2,(H,13,17)(H,14,15,16). The van der Waals surface area contributed by atoms with Gasteiger partial charge in [-0.25, -0.2) is 0 Å². The van der Waals surface area contributed by atoms with Gasteiger partial charge in [0.25, 0.3) is 10.1 Å². The minimum Gasteiger partial charge on any atom is -0.286 e. The quantitative estimate of drug-likeness (QED) is 0.593. The molecule has 20 heavy (non-hydrogen) atoms. The Bertz CT molecular complexity index is 588. The second-order valence-electron chi connectivity index (χ2n) is 4.14. The predicted molar refractivity (Wildman–Crippen MR) is 87.3 cm³/mol. The molecule has 110 valence electrons. The molecule has 1 aliphatic heterocycles. The van der Waals surface area contributed by atoms with E-state index in [1.54, 1.807) is 35.7 Å². The zero-order chi connectivity index (χ0) is 14.8. The molecule has 1 unspecified atom stereocenters. The van der Waals surface area contributed by atoms with Crippen molar-refractivity contribution in [3.63, 3.8) is 0 Å². The summed E-state index contributed by atoms with van der Waals surface area (Å²) in [4.78, 5) is 15.8. The molecule has 0 aromatic heterocycles. The fraction of sp³-hybridized carbons (Fsp3) is 0.455. The maximum atomic E-state index is 11.3. The van der Waals surface area contributed by atoms with Gasteiger partial charge in [-0.1, -0.05) is 12.2 Å². The van der Waals surface area contributed by atoms with Crippen LogP contribution in [0.25, 0.3) is 0 Å². The lowest BCUT2D eigenvalue weighted by Crippen LogP contribution is -2.29. The van der Waals surface area contributed by atoms with Crippen LogP contribution < -0.4 is 0 Å². The lowest BCUT2D eigenvalue weighted by Gasteiger charge is -2.15.